The topological polar surface area (TPSA) is 81.7 Å². The van der Waals surface area contributed by atoms with Gasteiger partial charge in [0, 0.05) is 32.7 Å². The highest BCUT2D eigenvalue weighted by atomic mass is 19.4. The SMILES string of the molecule is N#Cc1c(-c2cc(C(F)(F)F)cc(C(F)(F)F)c2)c(=O)c2cc3c(=O)c(-c4cc(C(F)(F)F)cc(C(F)(F)F)c4)c(C#N)c3cc12. The zero-order valence-electron chi connectivity index (χ0n) is 21.9. The van der Waals surface area contributed by atoms with Crippen molar-refractivity contribution in [3.8, 4) is 34.4 Å². The summed E-state index contributed by atoms with van der Waals surface area (Å²) in [6.07, 6.45) is -21.3. The Labute approximate surface area is 246 Å². The molecule has 0 fully saturated rings. The van der Waals surface area contributed by atoms with Gasteiger partial charge in [-0.15, -0.1) is 0 Å². The Morgan fingerprint density at radius 1 is 0.413 bits per heavy atom. The first-order valence-electron chi connectivity index (χ1n) is 12.2. The first-order valence-corrected chi connectivity index (χ1v) is 12.2. The average Bonchev–Trinajstić information content (AvgIpc) is 3.38. The van der Waals surface area contributed by atoms with E-state index in [0.717, 1.165) is 12.1 Å². The number of halogens is 12. The second-order valence-electron chi connectivity index (χ2n) is 9.91. The second-order valence-corrected chi connectivity index (χ2v) is 9.91. The highest BCUT2D eigenvalue weighted by molar-refractivity contribution is 6.10. The van der Waals surface area contributed by atoms with Crippen LogP contribution in [0.25, 0.3) is 43.8 Å². The molecular formula is C30H8F12N2O2. The number of nitriles is 2. The number of fused-ring (bicyclic) bond motifs is 2. The van der Waals surface area contributed by atoms with Crippen molar-refractivity contribution >= 4 is 21.5 Å². The van der Waals surface area contributed by atoms with E-state index >= 15 is 0 Å². The van der Waals surface area contributed by atoms with Gasteiger partial charge in [0.15, 0.2) is 10.9 Å². The molecule has 234 valence electrons. The van der Waals surface area contributed by atoms with Crippen molar-refractivity contribution in [2.24, 2.45) is 0 Å². The molecule has 0 unspecified atom stereocenters. The summed E-state index contributed by atoms with van der Waals surface area (Å²) in [7, 11) is 0. The van der Waals surface area contributed by atoms with E-state index in [9.17, 15) is 72.8 Å². The molecule has 0 N–H and O–H groups in total. The van der Waals surface area contributed by atoms with Crippen LogP contribution in [-0.2, 0) is 24.7 Å². The van der Waals surface area contributed by atoms with Crippen LogP contribution in [0.15, 0.2) is 58.1 Å². The van der Waals surface area contributed by atoms with Crippen molar-refractivity contribution < 1.29 is 52.7 Å². The normalized spacial score (nSPS) is 12.9. The summed E-state index contributed by atoms with van der Waals surface area (Å²) in [5.41, 5.74) is -15.0. The Hall–Kier alpha value is -5.38. The molecule has 4 nitrogen and oxygen atoms in total. The molecule has 0 atom stereocenters. The summed E-state index contributed by atoms with van der Waals surface area (Å²) in [6, 6.07) is 4.95. The van der Waals surface area contributed by atoms with Crippen LogP contribution in [0.4, 0.5) is 52.7 Å². The van der Waals surface area contributed by atoms with Crippen molar-refractivity contribution in [1.29, 1.82) is 10.5 Å². The van der Waals surface area contributed by atoms with Crippen LogP contribution in [0, 0.1) is 22.7 Å². The molecule has 5 aromatic carbocycles. The Morgan fingerprint density at radius 3 is 0.913 bits per heavy atom. The Kier molecular flexibility index (Phi) is 7.01. The lowest BCUT2D eigenvalue weighted by Crippen LogP contribution is -2.12. The Bertz CT molecular complexity index is 2050. The number of benzene rings is 3. The third-order valence-electron chi connectivity index (χ3n) is 7.12. The van der Waals surface area contributed by atoms with E-state index < -0.39 is 113 Å². The number of rotatable bonds is 2. The smallest absolute Gasteiger partial charge is 0.289 e. The number of hydrogen-bond donors (Lipinski definition) is 0. The van der Waals surface area contributed by atoms with Gasteiger partial charge in [-0.1, -0.05) is 0 Å². The van der Waals surface area contributed by atoms with Gasteiger partial charge < -0.3 is 0 Å². The molecule has 0 aromatic heterocycles. The minimum absolute atomic E-state index is 0.203. The second kappa shape index (κ2) is 10.1. The van der Waals surface area contributed by atoms with E-state index in [4.69, 9.17) is 0 Å². The van der Waals surface area contributed by atoms with E-state index in [1.54, 1.807) is 0 Å². The van der Waals surface area contributed by atoms with Crippen molar-refractivity contribution in [2.75, 3.05) is 0 Å². The minimum Gasteiger partial charge on any atom is -0.289 e. The summed E-state index contributed by atoms with van der Waals surface area (Å²) < 4.78 is 162. The molecule has 0 amide bonds. The van der Waals surface area contributed by atoms with E-state index in [-0.39, 0.29) is 36.4 Å². The van der Waals surface area contributed by atoms with E-state index in [1.807, 2.05) is 0 Å². The van der Waals surface area contributed by atoms with Crippen LogP contribution < -0.4 is 10.9 Å². The number of alkyl halides is 12. The van der Waals surface area contributed by atoms with Gasteiger partial charge in [-0.2, -0.15) is 63.2 Å². The van der Waals surface area contributed by atoms with Crippen LogP contribution >= 0.6 is 0 Å². The molecule has 0 aliphatic rings. The molecule has 0 aliphatic heterocycles. The molecule has 0 saturated carbocycles. The Morgan fingerprint density at radius 2 is 0.674 bits per heavy atom. The predicted octanol–water partition coefficient (Wildman–Crippen LogP) is 8.74. The molecule has 5 rings (SSSR count). The monoisotopic (exact) mass is 656 g/mol. The molecule has 0 saturated heterocycles. The maximum Gasteiger partial charge on any atom is 0.416 e. The summed E-state index contributed by atoms with van der Waals surface area (Å²) in [5, 5.41) is 17.6. The zero-order valence-corrected chi connectivity index (χ0v) is 21.9. The lowest BCUT2D eigenvalue weighted by Gasteiger charge is -2.14. The van der Waals surface area contributed by atoms with Gasteiger partial charge in [-0.05, 0) is 59.7 Å². The molecule has 16 heteroatoms. The highest BCUT2D eigenvalue weighted by Crippen LogP contribution is 2.42. The van der Waals surface area contributed by atoms with Gasteiger partial charge in [0.25, 0.3) is 0 Å². The van der Waals surface area contributed by atoms with Gasteiger partial charge >= 0.3 is 24.7 Å². The molecular weight excluding hydrogens is 648 g/mol. The van der Waals surface area contributed by atoms with Crippen molar-refractivity contribution in [2.45, 2.75) is 24.7 Å². The standard InChI is InChI=1S/C30H8F12N2O2/c31-27(32,33)13-1-11(2-14(5-13)28(34,35)36)23-21(9-43)17-7-18-20(8-19(17)25(23)45)26(46)24(22(18)10-44)12-3-15(29(37,38)39)6-16(4-12)30(40,41)42/h1-8H. The highest BCUT2D eigenvalue weighted by Gasteiger charge is 2.39. The quantitative estimate of drug-likeness (QED) is 0.178. The van der Waals surface area contributed by atoms with Crippen molar-refractivity contribution in [3.05, 3.63) is 102 Å². The Balaban J connectivity index is 1.86. The van der Waals surface area contributed by atoms with E-state index in [0.29, 0.717) is 0 Å². The summed E-state index contributed by atoms with van der Waals surface area (Å²) in [6.45, 7) is 0. The van der Waals surface area contributed by atoms with E-state index in [1.165, 1.54) is 12.1 Å². The van der Waals surface area contributed by atoms with E-state index in [2.05, 4.69) is 0 Å². The molecule has 5 aromatic rings. The van der Waals surface area contributed by atoms with Crippen LogP contribution in [-0.4, -0.2) is 0 Å². The third-order valence-corrected chi connectivity index (χ3v) is 7.12. The fraction of sp³-hybridized carbons (Fsp3) is 0.133. The molecule has 46 heavy (non-hydrogen) atoms. The molecule has 0 radical (unpaired) electrons. The first-order chi connectivity index (χ1) is 21.1. The van der Waals surface area contributed by atoms with Gasteiger partial charge in [0.2, 0.25) is 0 Å². The molecule has 0 heterocycles. The fourth-order valence-corrected chi connectivity index (χ4v) is 5.14. The largest absolute Gasteiger partial charge is 0.416 e. The maximum atomic E-state index is 13.5. The lowest BCUT2D eigenvalue weighted by molar-refractivity contribution is -0.144. The van der Waals surface area contributed by atoms with Gasteiger partial charge in [-0.3, -0.25) is 9.59 Å². The van der Waals surface area contributed by atoms with Crippen molar-refractivity contribution in [3.63, 3.8) is 0 Å². The zero-order chi connectivity index (χ0) is 34.3. The third kappa shape index (κ3) is 5.19. The summed E-state index contributed by atoms with van der Waals surface area (Å²) >= 11 is 0. The fourth-order valence-electron chi connectivity index (χ4n) is 5.14. The minimum atomic E-state index is -5.32. The number of nitrogens with zero attached hydrogens (tertiary/aromatic N) is 2. The summed E-state index contributed by atoms with van der Waals surface area (Å²) in [5.74, 6) is 0. The van der Waals surface area contributed by atoms with Crippen LogP contribution in [0.3, 0.4) is 0 Å². The van der Waals surface area contributed by atoms with Crippen LogP contribution in [0.1, 0.15) is 33.4 Å². The van der Waals surface area contributed by atoms with Gasteiger partial charge in [0.1, 0.15) is 12.1 Å². The average molecular weight is 656 g/mol. The molecule has 0 spiro atoms. The lowest BCUT2D eigenvalue weighted by atomic mass is 9.97. The summed E-state index contributed by atoms with van der Waals surface area (Å²) in [4.78, 5) is 26.8. The molecule has 0 bridgehead atoms. The van der Waals surface area contributed by atoms with Crippen molar-refractivity contribution in [1.82, 2.24) is 0 Å². The maximum absolute atomic E-state index is 13.5. The number of hydrogen-bond acceptors (Lipinski definition) is 4. The predicted molar refractivity (Wildman–Crippen MR) is 137 cm³/mol. The van der Waals surface area contributed by atoms with Crippen LogP contribution in [0.2, 0.25) is 0 Å². The molecule has 0 aliphatic carbocycles. The van der Waals surface area contributed by atoms with Crippen LogP contribution in [0.5, 0.6) is 0 Å². The van der Waals surface area contributed by atoms with Gasteiger partial charge in [-0.25, -0.2) is 0 Å². The first kappa shape index (κ1) is 32.0. The van der Waals surface area contributed by atoms with Gasteiger partial charge in [0.05, 0.1) is 33.4 Å².